The molecule has 1 saturated carbocycles. The third-order valence-corrected chi connectivity index (χ3v) is 3.95. The molecule has 14 heavy (non-hydrogen) atoms. The topological polar surface area (TPSA) is 43.4 Å². The van der Waals surface area contributed by atoms with Crippen molar-refractivity contribution in [2.24, 2.45) is 11.8 Å². The van der Waals surface area contributed by atoms with Gasteiger partial charge in [-0.15, -0.1) is 0 Å². The Morgan fingerprint density at radius 1 is 1.57 bits per heavy atom. The number of ketones is 1. The van der Waals surface area contributed by atoms with E-state index >= 15 is 0 Å². The van der Waals surface area contributed by atoms with Gasteiger partial charge in [-0.2, -0.15) is 0 Å². The Hall–Kier alpha value is -0.380. The van der Waals surface area contributed by atoms with Gasteiger partial charge >= 0.3 is 5.97 Å². The molecule has 0 amide bonds. The summed E-state index contributed by atoms with van der Waals surface area (Å²) >= 11 is 3.32. The minimum absolute atomic E-state index is 0.0257. The predicted molar refractivity (Wildman–Crippen MR) is 56.2 cm³/mol. The van der Waals surface area contributed by atoms with E-state index in [9.17, 15) is 9.59 Å². The van der Waals surface area contributed by atoms with Crippen LogP contribution in [0.3, 0.4) is 0 Å². The van der Waals surface area contributed by atoms with Crippen LogP contribution < -0.4 is 0 Å². The summed E-state index contributed by atoms with van der Waals surface area (Å²) < 4.78 is 4.85. The molecule has 0 aromatic rings. The molecule has 4 heteroatoms. The maximum atomic E-state index is 11.7. The average molecular weight is 263 g/mol. The van der Waals surface area contributed by atoms with Crippen LogP contribution in [0.2, 0.25) is 0 Å². The molecule has 3 atom stereocenters. The molecule has 0 saturated heterocycles. The molecular weight excluding hydrogens is 248 g/mol. The summed E-state index contributed by atoms with van der Waals surface area (Å²) in [6, 6.07) is 0. The Morgan fingerprint density at radius 3 is 2.79 bits per heavy atom. The Kier molecular flexibility index (Phi) is 4.11. The van der Waals surface area contributed by atoms with Crippen LogP contribution in [0, 0.1) is 11.8 Å². The molecular formula is C10H15BrO3. The molecule has 0 aromatic heterocycles. The monoisotopic (exact) mass is 262 g/mol. The van der Waals surface area contributed by atoms with Crippen molar-refractivity contribution in [3.63, 3.8) is 0 Å². The van der Waals surface area contributed by atoms with Gasteiger partial charge in [0.25, 0.3) is 0 Å². The number of ether oxygens (including phenoxy) is 1. The van der Waals surface area contributed by atoms with Crippen LogP contribution in [0.25, 0.3) is 0 Å². The van der Waals surface area contributed by atoms with Gasteiger partial charge in [0, 0.05) is 0 Å². The number of carbonyl (C=O) groups excluding carboxylic acids is 2. The summed E-state index contributed by atoms with van der Waals surface area (Å²) in [4.78, 5) is 22.9. The highest BCUT2D eigenvalue weighted by Crippen LogP contribution is 2.31. The van der Waals surface area contributed by atoms with Crippen molar-refractivity contribution in [2.75, 3.05) is 6.61 Å². The Bertz CT molecular complexity index is 240. The molecule has 80 valence electrons. The van der Waals surface area contributed by atoms with Crippen molar-refractivity contribution in [1.82, 2.24) is 0 Å². The highest BCUT2D eigenvalue weighted by Gasteiger charge is 2.38. The van der Waals surface area contributed by atoms with Gasteiger partial charge in [-0.05, 0) is 25.7 Å². The summed E-state index contributed by atoms with van der Waals surface area (Å²) in [5.41, 5.74) is 0. The zero-order valence-electron chi connectivity index (χ0n) is 8.46. The van der Waals surface area contributed by atoms with E-state index in [1.54, 1.807) is 6.92 Å². The van der Waals surface area contributed by atoms with E-state index in [-0.39, 0.29) is 16.6 Å². The zero-order chi connectivity index (χ0) is 10.7. The van der Waals surface area contributed by atoms with Crippen molar-refractivity contribution in [3.8, 4) is 0 Å². The number of hydrogen-bond donors (Lipinski definition) is 0. The van der Waals surface area contributed by atoms with E-state index in [0.29, 0.717) is 18.9 Å². The second-order valence-electron chi connectivity index (χ2n) is 3.66. The highest BCUT2D eigenvalue weighted by molar-refractivity contribution is 9.10. The smallest absolute Gasteiger partial charge is 0.316 e. The van der Waals surface area contributed by atoms with Gasteiger partial charge in [0.05, 0.1) is 11.4 Å². The predicted octanol–water partition coefficient (Wildman–Crippen LogP) is 1.93. The molecule has 3 unspecified atom stereocenters. The van der Waals surface area contributed by atoms with Crippen molar-refractivity contribution >= 4 is 27.7 Å². The lowest BCUT2D eigenvalue weighted by Gasteiger charge is -2.27. The van der Waals surface area contributed by atoms with Crippen molar-refractivity contribution in [1.29, 1.82) is 0 Å². The third kappa shape index (κ3) is 2.35. The number of carbonyl (C=O) groups is 2. The molecule has 1 fully saturated rings. The fourth-order valence-electron chi connectivity index (χ4n) is 1.67. The summed E-state index contributed by atoms with van der Waals surface area (Å²) in [6.07, 6.45) is 1.52. The molecule has 0 N–H and O–H groups in total. The number of alkyl halides is 1. The quantitative estimate of drug-likeness (QED) is 0.434. The zero-order valence-corrected chi connectivity index (χ0v) is 10.0. The van der Waals surface area contributed by atoms with Crippen LogP contribution in [0.4, 0.5) is 0 Å². The first kappa shape index (κ1) is 11.7. The third-order valence-electron chi connectivity index (χ3n) is 2.60. The summed E-state index contributed by atoms with van der Waals surface area (Å²) in [7, 11) is 0. The summed E-state index contributed by atoms with van der Waals surface area (Å²) in [5, 5.41) is 0. The van der Waals surface area contributed by atoms with Crippen molar-refractivity contribution < 1.29 is 14.3 Å². The number of esters is 1. The number of Topliss-reactive ketones (excluding diaryl/α,β-unsaturated/α-hetero) is 1. The lowest BCUT2D eigenvalue weighted by Crippen LogP contribution is -2.39. The first-order valence-corrected chi connectivity index (χ1v) is 5.84. The molecule has 1 rings (SSSR count). The van der Waals surface area contributed by atoms with Crippen LogP contribution in [0.15, 0.2) is 0 Å². The van der Waals surface area contributed by atoms with E-state index in [0.717, 1.165) is 6.42 Å². The van der Waals surface area contributed by atoms with Gasteiger partial charge < -0.3 is 4.74 Å². The highest BCUT2D eigenvalue weighted by atomic mass is 79.9. The molecule has 0 bridgehead atoms. The lowest BCUT2D eigenvalue weighted by atomic mass is 9.82. The van der Waals surface area contributed by atoms with Crippen molar-refractivity contribution in [3.05, 3.63) is 0 Å². The Morgan fingerprint density at radius 2 is 2.21 bits per heavy atom. The normalized spacial score (nSPS) is 32.8. The van der Waals surface area contributed by atoms with Gasteiger partial charge in [-0.3, -0.25) is 9.59 Å². The van der Waals surface area contributed by atoms with Crippen LogP contribution >= 0.6 is 15.9 Å². The Balaban J connectivity index is 2.63. The molecule has 0 heterocycles. The van der Waals surface area contributed by atoms with Crippen LogP contribution in [0.1, 0.15) is 26.7 Å². The van der Waals surface area contributed by atoms with E-state index in [4.69, 9.17) is 4.74 Å². The fraction of sp³-hybridized carbons (Fsp3) is 0.800. The van der Waals surface area contributed by atoms with E-state index in [1.165, 1.54) is 0 Å². The SMILES string of the molecule is CCOC(=O)C1CCC(C)C(Br)C1=O. The van der Waals surface area contributed by atoms with E-state index in [1.807, 2.05) is 6.92 Å². The van der Waals surface area contributed by atoms with Gasteiger partial charge in [-0.1, -0.05) is 22.9 Å². The average Bonchev–Trinajstić information content (AvgIpc) is 2.15. The molecule has 0 spiro atoms. The standard InChI is InChI=1S/C10H15BrO3/c1-3-14-10(13)7-5-4-6(2)8(11)9(7)12/h6-8H,3-5H2,1-2H3. The number of hydrogen-bond acceptors (Lipinski definition) is 3. The van der Waals surface area contributed by atoms with Crippen LogP contribution in [-0.4, -0.2) is 23.2 Å². The maximum absolute atomic E-state index is 11.7. The van der Waals surface area contributed by atoms with Crippen LogP contribution in [-0.2, 0) is 14.3 Å². The second-order valence-corrected chi connectivity index (χ2v) is 4.65. The molecule has 1 aliphatic rings. The van der Waals surface area contributed by atoms with Crippen molar-refractivity contribution in [2.45, 2.75) is 31.5 Å². The van der Waals surface area contributed by atoms with E-state index in [2.05, 4.69) is 15.9 Å². The largest absolute Gasteiger partial charge is 0.465 e. The van der Waals surface area contributed by atoms with Gasteiger partial charge in [0.2, 0.25) is 0 Å². The summed E-state index contributed by atoms with van der Waals surface area (Å²) in [5.74, 6) is -0.625. The molecule has 0 aromatic carbocycles. The van der Waals surface area contributed by atoms with Gasteiger partial charge in [-0.25, -0.2) is 0 Å². The first-order valence-electron chi connectivity index (χ1n) is 4.92. The molecule has 0 aliphatic heterocycles. The number of rotatable bonds is 2. The Labute approximate surface area is 92.3 Å². The minimum Gasteiger partial charge on any atom is -0.465 e. The lowest BCUT2D eigenvalue weighted by molar-refractivity contribution is -0.153. The number of halogens is 1. The molecule has 0 radical (unpaired) electrons. The van der Waals surface area contributed by atoms with E-state index < -0.39 is 5.92 Å². The van der Waals surface area contributed by atoms with Crippen LogP contribution in [0.5, 0.6) is 0 Å². The fourth-order valence-corrected chi connectivity index (χ4v) is 2.25. The first-order chi connectivity index (χ1) is 6.57. The summed E-state index contributed by atoms with van der Waals surface area (Å²) in [6.45, 7) is 4.10. The van der Waals surface area contributed by atoms with Gasteiger partial charge in [0.15, 0.2) is 5.78 Å². The molecule has 3 nitrogen and oxygen atoms in total. The second kappa shape index (κ2) is 4.91. The molecule has 1 aliphatic carbocycles. The minimum atomic E-state index is -0.546. The maximum Gasteiger partial charge on any atom is 0.316 e. The van der Waals surface area contributed by atoms with Gasteiger partial charge in [0.1, 0.15) is 5.92 Å².